The number of rotatable bonds is 6. The molecule has 0 aliphatic carbocycles. The number of anilines is 1. The molecule has 2 rings (SSSR count). The van der Waals surface area contributed by atoms with Crippen LogP contribution in [-0.2, 0) is 11.2 Å². The molecule has 1 fully saturated rings. The van der Waals surface area contributed by atoms with Gasteiger partial charge in [-0.3, -0.25) is 4.79 Å². The van der Waals surface area contributed by atoms with Gasteiger partial charge in [0.05, 0.1) is 0 Å². The zero-order valence-electron chi connectivity index (χ0n) is 12.7. The van der Waals surface area contributed by atoms with Gasteiger partial charge in [0.2, 0.25) is 11.0 Å². The van der Waals surface area contributed by atoms with Gasteiger partial charge in [-0.1, -0.05) is 31.1 Å². The number of aryl methyl sites for hydroxylation is 1. The number of nitrogens with zero attached hydrogens (tertiary/aromatic N) is 2. The molecule has 1 aromatic heterocycles. The standard InChI is InChI=1S/C14H24N4OS.ClH/c1-3-4-5-6-12-17-18-14(20-12)16-13(19)11-7-8-15-10(2)9-11;/h10-11,15H,3-9H2,1-2H3,(H,16,18,19);1H/t10-,11-;/m0./s1. The molecule has 2 heterocycles. The Labute approximate surface area is 136 Å². The molecule has 0 radical (unpaired) electrons. The molecular formula is C14H25ClN4OS. The van der Waals surface area contributed by atoms with E-state index in [2.05, 4.69) is 34.7 Å². The maximum atomic E-state index is 12.2. The lowest BCUT2D eigenvalue weighted by Gasteiger charge is -2.26. The summed E-state index contributed by atoms with van der Waals surface area (Å²) in [5, 5.41) is 16.2. The molecule has 0 bridgehead atoms. The predicted molar refractivity (Wildman–Crippen MR) is 89.2 cm³/mol. The summed E-state index contributed by atoms with van der Waals surface area (Å²) in [5.41, 5.74) is 0. The van der Waals surface area contributed by atoms with Gasteiger partial charge in [0, 0.05) is 18.4 Å². The minimum Gasteiger partial charge on any atom is -0.314 e. The Morgan fingerprint density at radius 2 is 2.24 bits per heavy atom. The van der Waals surface area contributed by atoms with Gasteiger partial charge in [0.15, 0.2) is 0 Å². The van der Waals surface area contributed by atoms with E-state index in [4.69, 9.17) is 0 Å². The summed E-state index contributed by atoms with van der Waals surface area (Å²) in [6.45, 7) is 5.22. The molecule has 1 aliphatic rings. The number of amides is 1. The van der Waals surface area contributed by atoms with Crippen molar-refractivity contribution in [3.05, 3.63) is 5.01 Å². The predicted octanol–water partition coefficient (Wildman–Crippen LogP) is 3.02. The van der Waals surface area contributed by atoms with Crippen LogP contribution in [0.5, 0.6) is 0 Å². The van der Waals surface area contributed by atoms with Crippen molar-refractivity contribution in [1.82, 2.24) is 15.5 Å². The Morgan fingerprint density at radius 1 is 1.43 bits per heavy atom. The largest absolute Gasteiger partial charge is 0.314 e. The summed E-state index contributed by atoms with van der Waals surface area (Å²) in [6.07, 6.45) is 6.33. The van der Waals surface area contributed by atoms with Crippen molar-refractivity contribution in [3.8, 4) is 0 Å². The normalized spacial score (nSPS) is 21.6. The van der Waals surface area contributed by atoms with Gasteiger partial charge in [-0.15, -0.1) is 22.6 Å². The fourth-order valence-electron chi connectivity index (χ4n) is 2.51. The Bertz CT molecular complexity index is 440. The summed E-state index contributed by atoms with van der Waals surface area (Å²) in [6, 6.07) is 0.415. The summed E-state index contributed by atoms with van der Waals surface area (Å²) in [5.74, 6) is 0.188. The van der Waals surface area contributed by atoms with Crippen LogP contribution in [0.4, 0.5) is 5.13 Å². The van der Waals surface area contributed by atoms with Gasteiger partial charge in [-0.2, -0.15) is 0 Å². The van der Waals surface area contributed by atoms with Crippen LogP contribution in [0.15, 0.2) is 0 Å². The monoisotopic (exact) mass is 332 g/mol. The number of hydrogen-bond acceptors (Lipinski definition) is 5. The molecule has 1 aromatic rings. The smallest absolute Gasteiger partial charge is 0.229 e. The van der Waals surface area contributed by atoms with E-state index in [1.54, 1.807) is 0 Å². The Kier molecular flexibility index (Phi) is 8.14. The second-order valence-electron chi connectivity index (χ2n) is 5.52. The second-order valence-corrected chi connectivity index (χ2v) is 6.59. The average Bonchev–Trinajstić information content (AvgIpc) is 2.86. The van der Waals surface area contributed by atoms with Gasteiger partial charge in [0.25, 0.3) is 0 Å². The van der Waals surface area contributed by atoms with E-state index in [-0.39, 0.29) is 24.2 Å². The minimum atomic E-state index is 0. The van der Waals surface area contributed by atoms with E-state index in [1.807, 2.05) is 0 Å². The highest BCUT2D eigenvalue weighted by Crippen LogP contribution is 2.21. The van der Waals surface area contributed by atoms with E-state index in [1.165, 1.54) is 24.2 Å². The SMILES string of the molecule is CCCCCc1nnc(NC(=O)[C@H]2CCN[C@@H](C)C2)s1.Cl. The molecular weight excluding hydrogens is 308 g/mol. The second kappa shape index (κ2) is 9.33. The molecule has 0 aromatic carbocycles. The van der Waals surface area contributed by atoms with Gasteiger partial charge < -0.3 is 10.6 Å². The van der Waals surface area contributed by atoms with Gasteiger partial charge in [0.1, 0.15) is 5.01 Å². The van der Waals surface area contributed by atoms with E-state index >= 15 is 0 Å². The first-order chi connectivity index (χ1) is 9.69. The van der Waals surface area contributed by atoms with Crippen molar-refractivity contribution >= 4 is 34.8 Å². The molecule has 7 heteroatoms. The summed E-state index contributed by atoms with van der Waals surface area (Å²) >= 11 is 1.51. The first-order valence-electron chi connectivity index (χ1n) is 7.55. The molecule has 0 spiro atoms. The number of piperidine rings is 1. The lowest BCUT2D eigenvalue weighted by atomic mass is 9.93. The molecule has 1 amide bonds. The van der Waals surface area contributed by atoms with Crippen molar-refractivity contribution in [2.24, 2.45) is 5.92 Å². The first-order valence-corrected chi connectivity index (χ1v) is 8.37. The average molecular weight is 333 g/mol. The summed E-state index contributed by atoms with van der Waals surface area (Å²) in [7, 11) is 0. The zero-order chi connectivity index (χ0) is 14.4. The first kappa shape index (κ1) is 18.3. The molecule has 2 atom stereocenters. The molecule has 0 unspecified atom stereocenters. The number of aromatic nitrogens is 2. The third-order valence-electron chi connectivity index (χ3n) is 3.69. The van der Waals surface area contributed by atoms with Crippen LogP contribution in [0.1, 0.15) is 51.0 Å². The van der Waals surface area contributed by atoms with E-state index in [9.17, 15) is 4.79 Å². The third-order valence-corrected chi connectivity index (χ3v) is 4.58. The highest BCUT2D eigenvalue weighted by molar-refractivity contribution is 7.15. The van der Waals surface area contributed by atoms with Crippen LogP contribution in [0.25, 0.3) is 0 Å². The Morgan fingerprint density at radius 3 is 2.95 bits per heavy atom. The van der Waals surface area contributed by atoms with Gasteiger partial charge >= 0.3 is 0 Å². The molecule has 1 saturated heterocycles. The number of hydrogen-bond donors (Lipinski definition) is 2. The van der Waals surface area contributed by atoms with E-state index < -0.39 is 0 Å². The quantitative estimate of drug-likeness (QED) is 0.786. The molecule has 120 valence electrons. The van der Waals surface area contributed by atoms with Crippen molar-refractivity contribution in [3.63, 3.8) is 0 Å². The fraction of sp³-hybridized carbons (Fsp3) is 0.786. The minimum absolute atomic E-state index is 0. The van der Waals surface area contributed by atoms with Gasteiger partial charge in [-0.25, -0.2) is 0 Å². The molecule has 5 nitrogen and oxygen atoms in total. The lowest BCUT2D eigenvalue weighted by molar-refractivity contribution is -0.120. The third kappa shape index (κ3) is 5.88. The fourth-order valence-corrected chi connectivity index (χ4v) is 3.29. The van der Waals surface area contributed by atoms with Crippen molar-refractivity contribution in [2.45, 2.75) is 58.4 Å². The highest BCUT2D eigenvalue weighted by Gasteiger charge is 2.25. The van der Waals surface area contributed by atoms with Crippen LogP contribution < -0.4 is 10.6 Å². The number of carbonyl (C=O) groups is 1. The number of halogens is 1. The van der Waals surface area contributed by atoms with Crippen LogP contribution in [0.2, 0.25) is 0 Å². The molecule has 2 N–H and O–H groups in total. The van der Waals surface area contributed by atoms with Crippen LogP contribution in [0.3, 0.4) is 0 Å². The van der Waals surface area contributed by atoms with Crippen LogP contribution >= 0.6 is 23.7 Å². The molecule has 21 heavy (non-hydrogen) atoms. The zero-order valence-corrected chi connectivity index (χ0v) is 14.4. The Balaban J connectivity index is 0.00000220. The summed E-state index contributed by atoms with van der Waals surface area (Å²) in [4.78, 5) is 12.2. The van der Waals surface area contributed by atoms with E-state index in [0.29, 0.717) is 11.2 Å². The number of nitrogens with one attached hydrogen (secondary N) is 2. The van der Waals surface area contributed by atoms with Crippen LogP contribution in [0, 0.1) is 5.92 Å². The van der Waals surface area contributed by atoms with Crippen molar-refractivity contribution in [1.29, 1.82) is 0 Å². The van der Waals surface area contributed by atoms with E-state index in [0.717, 1.165) is 37.2 Å². The summed E-state index contributed by atoms with van der Waals surface area (Å²) < 4.78 is 0. The lowest BCUT2D eigenvalue weighted by Crippen LogP contribution is -2.40. The number of unbranched alkanes of at least 4 members (excludes halogenated alkanes) is 2. The van der Waals surface area contributed by atoms with Crippen molar-refractivity contribution < 1.29 is 4.79 Å². The topological polar surface area (TPSA) is 66.9 Å². The maximum absolute atomic E-state index is 12.2. The number of carbonyl (C=O) groups excluding carboxylic acids is 1. The molecule has 1 aliphatic heterocycles. The maximum Gasteiger partial charge on any atom is 0.229 e. The Hall–Kier alpha value is -0.720. The van der Waals surface area contributed by atoms with Crippen molar-refractivity contribution in [2.75, 3.05) is 11.9 Å². The molecule has 0 saturated carbocycles. The van der Waals surface area contributed by atoms with Gasteiger partial charge in [-0.05, 0) is 32.7 Å². The van der Waals surface area contributed by atoms with Crippen LogP contribution in [-0.4, -0.2) is 28.7 Å². The highest BCUT2D eigenvalue weighted by atomic mass is 35.5.